The van der Waals surface area contributed by atoms with Crippen LogP contribution in [0.1, 0.15) is 29.8 Å². The topological polar surface area (TPSA) is 99.6 Å². The average Bonchev–Trinajstić information content (AvgIpc) is 2.54. The third kappa shape index (κ3) is 4.72. The first-order chi connectivity index (χ1) is 12.1. The summed E-state index contributed by atoms with van der Waals surface area (Å²) in [5, 5.41) is 9.13. The number of pyridine rings is 1. The first-order valence-corrected chi connectivity index (χ1v) is 9.61. The summed E-state index contributed by atoms with van der Waals surface area (Å²) in [4.78, 5) is 16.9. The van der Waals surface area contributed by atoms with E-state index in [-0.39, 0.29) is 16.1 Å². The van der Waals surface area contributed by atoms with Crippen LogP contribution in [0, 0.1) is 5.92 Å². The molecule has 0 aliphatic heterocycles. The highest BCUT2D eigenvalue weighted by molar-refractivity contribution is 7.92. The molecule has 2 N–H and O–H groups in total. The second-order valence-electron chi connectivity index (χ2n) is 6.64. The molecule has 0 saturated heterocycles. The van der Waals surface area contributed by atoms with Crippen LogP contribution in [0.15, 0.2) is 41.4 Å². The molecule has 1 aromatic heterocycles. The Morgan fingerprint density at radius 2 is 1.85 bits per heavy atom. The van der Waals surface area contributed by atoms with Crippen LogP contribution in [0.4, 0.5) is 11.5 Å². The molecule has 26 heavy (non-hydrogen) atoms. The molecule has 0 aliphatic carbocycles. The van der Waals surface area contributed by atoms with Crippen LogP contribution < -0.4 is 9.62 Å². The van der Waals surface area contributed by atoms with Gasteiger partial charge in [0.25, 0.3) is 10.0 Å². The van der Waals surface area contributed by atoms with Crippen molar-refractivity contribution in [1.82, 2.24) is 4.98 Å². The number of sulfonamides is 1. The van der Waals surface area contributed by atoms with E-state index >= 15 is 0 Å². The summed E-state index contributed by atoms with van der Waals surface area (Å²) in [7, 11) is -0.475. The minimum absolute atomic E-state index is 0.0967. The standard InChI is InChI=1S/C18H23N3O4S/c1-12(2)9-13-5-7-15(8-6-13)26(24,25)20-16-10-14(18(22)23)11-19-17(16)21(3)4/h5-8,10-12,20H,9H2,1-4H3,(H,22,23). The Hall–Kier alpha value is -2.61. The van der Waals surface area contributed by atoms with Gasteiger partial charge in [-0.15, -0.1) is 0 Å². The van der Waals surface area contributed by atoms with Gasteiger partial charge in [-0.3, -0.25) is 4.72 Å². The number of aromatic carboxylic acids is 1. The normalized spacial score (nSPS) is 11.4. The van der Waals surface area contributed by atoms with E-state index in [0.717, 1.165) is 12.0 Å². The maximum Gasteiger partial charge on any atom is 0.337 e. The van der Waals surface area contributed by atoms with Gasteiger partial charge in [0.05, 0.1) is 16.1 Å². The summed E-state index contributed by atoms with van der Waals surface area (Å²) in [6, 6.07) is 7.92. The lowest BCUT2D eigenvalue weighted by atomic mass is 10.0. The van der Waals surface area contributed by atoms with Gasteiger partial charge in [-0.2, -0.15) is 0 Å². The van der Waals surface area contributed by atoms with Crippen molar-refractivity contribution < 1.29 is 18.3 Å². The van der Waals surface area contributed by atoms with E-state index in [4.69, 9.17) is 5.11 Å². The number of aromatic nitrogens is 1. The monoisotopic (exact) mass is 377 g/mol. The van der Waals surface area contributed by atoms with Gasteiger partial charge in [0.1, 0.15) is 0 Å². The Balaban J connectivity index is 2.36. The lowest BCUT2D eigenvalue weighted by Crippen LogP contribution is -2.19. The van der Waals surface area contributed by atoms with Crippen LogP contribution in [0.3, 0.4) is 0 Å². The maximum atomic E-state index is 12.7. The van der Waals surface area contributed by atoms with E-state index in [9.17, 15) is 13.2 Å². The second kappa shape index (κ2) is 7.74. The van der Waals surface area contributed by atoms with E-state index in [1.54, 1.807) is 43.3 Å². The maximum absolute atomic E-state index is 12.7. The highest BCUT2D eigenvalue weighted by Gasteiger charge is 2.19. The number of carboxylic acid groups (broad SMARTS) is 1. The van der Waals surface area contributed by atoms with Crippen molar-refractivity contribution in [3.05, 3.63) is 47.7 Å². The number of carboxylic acids is 1. The van der Waals surface area contributed by atoms with Gasteiger partial charge in [0, 0.05) is 20.3 Å². The fourth-order valence-electron chi connectivity index (χ4n) is 2.49. The summed E-state index contributed by atoms with van der Waals surface area (Å²) in [6.07, 6.45) is 2.05. The van der Waals surface area contributed by atoms with Gasteiger partial charge >= 0.3 is 5.97 Å². The van der Waals surface area contributed by atoms with Gasteiger partial charge in [-0.25, -0.2) is 18.2 Å². The van der Waals surface area contributed by atoms with Gasteiger partial charge in [0.2, 0.25) is 0 Å². The largest absolute Gasteiger partial charge is 0.478 e. The molecule has 0 fully saturated rings. The van der Waals surface area contributed by atoms with Gasteiger partial charge in [-0.1, -0.05) is 26.0 Å². The molecule has 7 nitrogen and oxygen atoms in total. The first-order valence-electron chi connectivity index (χ1n) is 8.12. The van der Waals surface area contributed by atoms with Crippen LogP contribution in [0.5, 0.6) is 0 Å². The smallest absolute Gasteiger partial charge is 0.337 e. The van der Waals surface area contributed by atoms with Crippen molar-refractivity contribution >= 4 is 27.5 Å². The van der Waals surface area contributed by atoms with E-state index in [1.807, 2.05) is 0 Å². The van der Waals surface area contributed by atoms with Crippen LogP contribution >= 0.6 is 0 Å². The molecular weight excluding hydrogens is 354 g/mol. The zero-order chi connectivity index (χ0) is 19.5. The average molecular weight is 377 g/mol. The van der Waals surface area contributed by atoms with Crippen LogP contribution in [-0.2, 0) is 16.4 Å². The molecule has 0 atom stereocenters. The number of carbonyl (C=O) groups is 1. The summed E-state index contributed by atoms with van der Waals surface area (Å²) >= 11 is 0. The number of nitrogens with zero attached hydrogens (tertiary/aromatic N) is 2. The number of anilines is 2. The molecule has 2 rings (SSSR count). The molecule has 1 heterocycles. The Kier molecular flexibility index (Phi) is 5.86. The molecule has 0 bridgehead atoms. The number of hydrogen-bond acceptors (Lipinski definition) is 5. The van der Waals surface area contributed by atoms with Crippen molar-refractivity contribution in [2.24, 2.45) is 5.92 Å². The quantitative estimate of drug-likeness (QED) is 0.770. The Morgan fingerprint density at radius 3 is 2.35 bits per heavy atom. The minimum Gasteiger partial charge on any atom is -0.478 e. The SMILES string of the molecule is CC(C)Cc1ccc(S(=O)(=O)Nc2cc(C(=O)O)cnc2N(C)C)cc1. The van der Waals surface area contributed by atoms with Gasteiger partial charge < -0.3 is 10.0 Å². The van der Waals surface area contributed by atoms with Crippen molar-refractivity contribution in [2.75, 3.05) is 23.7 Å². The fourth-order valence-corrected chi connectivity index (χ4v) is 3.54. The molecule has 2 aromatic rings. The molecule has 140 valence electrons. The lowest BCUT2D eigenvalue weighted by molar-refractivity contribution is 0.0696. The molecule has 0 aliphatic rings. The highest BCUT2D eigenvalue weighted by Crippen LogP contribution is 2.26. The molecule has 0 spiro atoms. The van der Waals surface area contributed by atoms with Crippen LogP contribution in [-0.4, -0.2) is 38.6 Å². The number of benzene rings is 1. The molecule has 0 radical (unpaired) electrons. The molecule has 8 heteroatoms. The minimum atomic E-state index is -3.87. The fraction of sp³-hybridized carbons (Fsp3) is 0.333. The number of nitrogens with one attached hydrogen (secondary N) is 1. The zero-order valence-electron chi connectivity index (χ0n) is 15.2. The number of hydrogen-bond donors (Lipinski definition) is 2. The number of rotatable bonds is 7. The molecule has 0 saturated carbocycles. The van der Waals surface area contributed by atoms with Gasteiger partial charge in [0.15, 0.2) is 5.82 Å². The molecule has 1 aromatic carbocycles. The van der Waals surface area contributed by atoms with Crippen molar-refractivity contribution in [2.45, 2.75) is 25.2 Å². The third-order valence-corrected chi connectivity index (χ3v) is 5.04. The van der Waals surface area contributed by atoms with Crippen molar-refractivity contribution in [3.63, 3.8) is 0 Å². The third-order valence-electron chi connectivity index (χ3n) is 3.66. The molecular formula is C18H23N3O4S. The predicted octanol–water partition coefficient (Wildman–Crippen LogP) is 2.85. The van der Waals surface area contributed by atoms with E-state index in [1.165, 1.54) is 12.3 Å². The Labute approximate surface area is 153 Å². The van der Waals surface area contributed by atoms with E-state index in [2.05, 4.69) is 23.6 Å². The highest BCUT2D eigenvalue weighted by atomic mass is 32.2. The summed E-state index contributed by atoms with van der Waals surface area (Å²) in [5.41, 5.74) is 1.07. The predicted molar refractivity (Wildman–Crippen MR) is 101 cm³/mol. The van der Waals surface area contributed by atoms with Crippen molar-refractivity contribution in [1.29, 1.82) is 0 Å². The second-order valence-corrected chi connectivity index (χ2v) is 8.32. The molecule has 0 amide bonds. The van der Waals surface area contributed by atoms with Crippen molar-refractivity contribution in [3.8, 4) is 0 Å². The molecule has 0 unspecified atom stereocenters. The van der Waals surface area contributed by atoms with Crippen LogP contribution in [0.2, 0.25) is 0 Å². The Morgan fingerprint density at radius 1 is 1.23 bits per heavy atom. The zero-order valence-corrected chi connectivity index (χ0v) is 16.0. The Bertz CT molecular complexity index is 891. The van der Waals surface area contributed by atoms with Gasteiger partial charge in [-0.05, 0) is 36.1 Å². The summed E-state index contributed by atoms with van der Waals surface area (Å²) < 4.78 is 27.8. The summed E-state index contributed by atoms with van der Waals surface area (Å²) in [5.74, 6) is -0.376. The van der Waals surface area contributed by atoms with Crippen LogP contribution in [0.25, 0.3) is 0 Å². The van der Waals surface area contributed by atoms with E-state index < -0.39 is 16.0 Å². The first kappa shape index (κ1) is 19.7. The summed E-state index contributed by atoms with van der Waals surface area (Å²) in [6.45, 7) is 4.19. The lowest BCUT2D eigenvalue weighted by Gasteiger charge is -2.18. The van der Waals surface area contributed by atoms with E-state index in [0.29, 0.717) is 11.7 Å².